The van der Waals surface area contributed by atoms with E-state index in [1.165, 1.54) is 12.8 Å². The van der Waals surface area contributed by atoms with Crippen molar-refractivity contribution in [1.82, 2.24) is 15.1 Å². The zero-order valence-corrected chi connectivity index (χ0v) is 16.3. The number of furan rings is 1. The highest BCUT2D eigenvalue weighted by atomic mass is 16.5. The summed E-state index contributed by atoms with van der Waals surface area (Å²) in [5.41, 5.74) is 0. The van der Waals surface area contributed by atoms with Crippen molar-refractivity contribution in [3.8, 4) is 0 Å². The van der Waals surface area contributed by atoms with Crippen LogP contribution < -0.4 is 5.32 Å². The van der Waals surface area contributed by atoms with E-state index in [0.717, 1.165) is 56.9 Å². The molecule has 2 heterocycles. The van der Waals surface area contributed by atoms with Crippen molar-refractivity contribution in [2.45, 2.75) is 39.7 Å². The minimum Gasteiger partial charge on any atom is -0.465 e. The third-order valence-corrected chi connectivity index (χ3v) is 4.53. The highest BCUT2D eigenvalue weighted by Crippen LogP contribution is 2.24. The Balaban J connectivity index is 2.12. The zero-order valence-electron chi connectivity index (χ0n) is 16.3. The predicted octanol–water partition coefficient (Wildman–Crippen LogP) is 2.66. The molecule has 0 spiro atoms. The Morgan fingerprint density at radius 3 is 2.68 bits per heavy atom. The standard InChI is InChI=1S/C19H34N4O2/c1-5-7-10-22(4)19(20-6-2)21-15-17(18-9-8-16(3)25-18)23-11-13-24-14-12-23/h8-9,17H,5-7,10-15H2,1-4H3,(H,20,21). The van der Waals surface area contributed by atoms with Crippen LogP contribution in [0, 0.1) is 6.92 Å². The average molecular weight is 351 g/mol. The number of ether oxygens (including phenoxy) is 1. The highest BCUT2D eigenvalue weighted by Gasteiger charge is 2.25. The smallest absolute Gasteiger partial charge is 0.193 e. The topological polar surface area (TPSA) is 53.2 Å². The summed E-state index contributed by atoms with van der Waals surface area (Å²) < 4.78 is 11.4. The molecule has 6 heteroatoms. The molecular weight excluding hydrogens is 316 g/mol. The van der Waals surface area contributed by atoms with Gasteiger partial charge in [-0.15, -0.1) is 0 Å². The molecule has 0 amide bonds. The van der Waals surface area contributed by atoms with Gasteiger partial charge in [-0.25, -0.2) is 0 Å². The molecular formula is C19H34N4O2. The third kappa shape index (κ3) is 6.04. The Hall–Kier alpha value is -1.53. The first kappa shape index (κ1) is 19.8. The van der Waals surface area contributed by atoms with Crippen LogP contribution >= 0.6 is 0 Å². The van der Waals surface area contributed by atoms with Gasteiger partial charge in [-0.3, -0.25) is 9.89 Å². The number of nitrogens with one attached hydrogen (secondary N) is 1. The number of unbranched alkanes of at least 4 members (excludes halogenated alkanes) is 1. The second kappa shape index (κ2) is 10.5. The molecule has 1 fully saturated rings. The summed E-state index contributed by atoms with van der Waals surface area (Å²) >= 11 is 0. The number of guanidine groups is 1. The number of hydrogen-bond acceptors (Lipinski definition) is 4. The number of aryl methyl sites for hydroxylation is 1. The van der Waals surface area contributed by atoms with E-state index in [4.69, 9.17) is 14.1 Å². The van der Waals surface area contributed by atoms with Gasteiger partial charge in [-0.1, -0.05) is 13.3 Å². The lowest BCUT2D eigenvalue weighted by Gasteiger charge is -2.33. The van der Waals surface area contributed by atoms with Gasteiger partial charge in [0.15, 0.2) is 5.96 Å². The van der Waals surface area contributed by atoms with Crippen molar-refractivity contribution < 1.29 is 9.15 Å². The number of rotatable bonds is 8. The van der Waals surface area contributed by atoms with E-state index in [1.807, 2.05) is 13.0 Å². The second-order valence-electron chi connectivity index (χ2n) is 6.58. The van der Waals surface area contributed by atoms with Crippen molar-refractivity contribution in [2.75, 3.05) is 53.0 Å². The first-order valence-corrected chi connectivity index (χ1v) is 9.53. The Kier molecular flexibility index (Phi) is 8.28. The van der Waals surface area contributed by atoms with Crippen molar-refractivity contribution >= 4 is 5.96 Å². The van der Waals surface area contributed by atoms with Crippen molar-refractivity contribution in [1.29, 1.82) is 0 Å². The fourth-order valence-electron chi connectivity index (χ4n) is 3.05. The minimum absolute atomic E-state index is 0.158. The Morgan fingerprint density at radius 2 is 2.08 bits per heavy atom. The van der Waals surface area contributed by atoms with Crippen LogP contribution in [-0.4, -0.2) is 68.7 Å². The van der Waals surface area contributed by atoms with Crippen LogP contribution in [0.3, 0.4) is 0 Å². The molecule has 1 aromatic heterocycles. The summed E-state index contributed by atoms with van der Waals surface area (Å²) in [4.78, 5) is 9.55. The number of aliphatic imine (C=N–C) groups is 1. The van der Waals surface area contributed by atoms with Gasteiger partial charge in [0.25, 0.3) is 0 Å². The van der Waals surface area contributed by atoms with Crippen molar-refractivity contribution in [3.63, 3.8) is 0 Å². The van der Waals surface area contributed by atoms with Gasteiger partial charge in [0.1, 0.15) is 11.5 Å². The first-order chi connectivity index (χ1) is 12.2. The molecule has 1 unspecified atom stereocenters. The van der Waals surface area contributed by atoms with Gasteiger partial charge < -0.3 is 19.4 Å². The minimum atomic E-state index is 0.158. The van der Waals surface area contributed by atoms with Crippen LogP contribution in [0.4, 0.5) is 0 Å². The lowest BCUT2D eigenvalue weighted by molar-refractivity contribution is 0.0135. The Labute approximate surface area is 152 Å². The molecule has 0 aliphatic carbocycles. The molecule has 0 radical (unpaired) electrons. The molecule has 0 bridgehead atoms. The molecule has 2 rings (SSSR count). The summed E-state index contributed by atoms with van der Waals surface area (Å²) in [7, 11) is 2.11. The van der Waals surface area contributed by atoms with Crippen LogP contribution in [0.1, 0.15) is 44.3 Å². The maximum absolute atomic E-state index is 5.93. The van der Waals surface area contributed by atoms with Gasteiger partial charge in [0, 0.05) is 33.2 Å². The lowest BCUT2D eigenvalue weighted by atomic mass is 10.1. The molecule has 142 valence electrons. The van der Waals surface area contributed by atoms with E-state index in [0.29, 0.717) is 6.54 Å². The molecule has 6 nitrogen and oxygen atoms in total. The Bertz CT molecular complexity index is 523. The number of nitrogens with zero attached hydrogens (tertiary/aromatic N) is 3. The summed E-state index contributed by atoms with van der Waals surface area (Å²) in [6, 6.07) is 4.27. The fourth-order valence-corrected chi connectivity index (χ4v) is 3.05. The molecule has 1 atom stereocenters. The van der Waals surface area contributed by atoms with Crippen molar-refractivity contribution in [2.24, 2.45) is 4.99 Å². The predicted molar refractivity (Wildman–Crippen MR) is 102 cm³/mol. The van der Waals surface area contributed by atoms with Crippen LogP contribution in [0.15, 0.2) is 21.5 Å². The number of hydrogen-bond donors (Lipinski definition) is 1. The highest BCUT2D eigenvalue weighted by molar-refractivity contribution is 5.79. The molecule has 0 saturated carbocycles. The van der Waals surface area contributed by atoms with E-state index in [1.54, 1.807) is 0 Å². The molecule has 1 aromatic rings. The second-order valence-corrected chi connectivity index (χ2v) is 6.58. The van der Waals surface area contributed by atoms with Gasteiger partial charge >= 0.3 is 0 Å². The first-order valence-electron chi connectivity index (χ1n) is 9.53. The maximum Gasteiger partial charge on any atom is 0.193 e. The molecule has 1 aliphatic rings. The quantitative estimate of drug-likeness (QED) is 0.577. The molecule has 1 aliphatic heterocycles. The zero-order chi connectivity index (χ0) is 18.1. The average Bonchev–Trinajstić information content (AvgIpc) is 3.06. The maximum atomic E-state index is 5.93. The van der Waals surface area contributed by atoms with E-state index < -0.39 is 0 Å². The van der Waals surface area contributed by atoms with Gasteiger partial charge in [0.2, 0.25) is 0 Å². The largest absolute Gasteiger partial charge is 0.465 e. The van der Waals surface area contributed by atoms with E-state index in [2.05, 4.69) is 42.1 Å². The molecule has 1 N–H and O–H groups in total. The van der Waals surface area contributed by atoms with Gasteiger partial charge in [-0.2, -0.15) is 0 Å². The van der Waals surface area contributed by atoms with Crippen molar-refractivity contribution in [3.05, 3.63) is 23.7 Å². The SMILES string of the molecule is CCCCN(C)C(=NCC(c1ccc(C)o1)N1CCOCC1)NCC. The fraction of sp³-hybridized carbons (Fsp3) is 0.737. The van der Waals surface area contributed by atoms with E-state index >= 15 is 0 Å². The monoisotopic (exact) mass is 350 g/mol. The number of morpholine rings is 1. The Morgan fingerprint density at radius 1 is 1.32 bits per heavy atom. The summed E-state index contributed by atoms with van der Waals surface area (Å²) in [5.74, 6) is 2.91. The van der Waals surface area contributed by atoms with Crippen LogP contribution in [0.2, 0.25) is 0 Å². The van der Waals surface area contributed by atoms with E-state index in [9.17, 15) is 0 Å². The van der Waals surface area contributed by atoms with Crippen LogP contribution in [0.25, 0.3) is 0 Å². The summed E-state index contributed by atoms with van der Waals surface area (Å²) in [5, 5.41) is 3.41. The summed E-state index contributed by atoms with van der Waals surface area (Å²) in [6.45, 7) is 12.3. The normalized spacial score (nSPS) is 17.5. The van der Waals surface area contributed by atoms with Gasteiger partial charge in [0.05, 0.1) is 25.8 Å². The summed E-state index contributed by atoms with van der Waals surface area (Å²) in [6.07, 6.45) is 2.36. The third-order valence-electron chi connectivity index (χ3n) is 4.53. The molecule has 1 saturated heterocycles. The van der Waals surface area contributed by atoms with E-state index in [-0.39, 0.29) is 6.04 Å². The molecule has 0 aromatic carbocycles. The lowest BCUT2D eigenvalue weighted by Crippen LogP contribution is -2.42. The van der Waals surface area contributed by atoms with Crippen LogP contribution in [0.5, 0.6) is 0 Å². The van der Waals surface area contributed by atoms with Gasteiger partial charge in [-0.05, 0) is 32.4 Å². The van der Waals surface area contributed by atoms with Crippen LogP contribution in [-0.2, 0) is 4.74 Å². The molecule has 25 heavy (non-hydrogen) atoms.